The molecule has 0 atom stereocenters. The standard InChI is InChI=1S/C17H29N3O4S/c1-3-4-8-19(11-12-21)17(22)16-13-15(14-18(16)2)25(23,24)20-9-6-5-7-10-20/h13-14,21H,3-12H2,1-2H3. The second kappa shape index (κ2) is 8.82. The van der Waals surface area contributed by atoms with Crippen molar-refractivity contribution in [1.29, 1.82) is 0 Å². The summed E-state index contributed by atoms with van der Waals surface area (Å²) < 4.78 is 28.6. The van der Waals surface area contributed by atoms with Gasteiger partial charge in [0.05, 0.1) is 6.61 Å². The molecule has 2 rings (SSSR count). The molecule has 1 aliphatic heterocycles. The molecule has 7 nitrogen and oxygen atoms in total. The topological polar surface area (TPSA) is 82.8 Å². The summed E-state index contributed by atoms with van der Waals surface area (Å²) in [5, 5.41) is 9.20. The second-order valence-electron chi connectivity index (χ2n) is 6.51. The molecule has 1 aliphatic rings. The molecule has 2 heterocycles. The maximum atomic E-state index is 12.8. The van der Waals surface area contributed by atoms with Crippen molar-refractivity contribution in [2.75, 3.05) is 32.8 Å². The third-order valence-corrected chi connectivity index (χ3v) is 6.45. The molecule has 8 heteroatoms. The van der Waals surface area contributed by atoms with Gasteiger partial charge < -0.3 is 14.6 Å². The highest BCUT2D eigenvalue weighted by Gasteiger charge is 2.29. The molecule has 1 saturated heterocycles. The molecule has 0 spiro atoms. The van der Waals surface area contributed by atoms with Crippen LogP contribution in [0.4, 0.5) is 0 Å². The summed E-state index contributed by atoms with van der Waals surface area (Å²) in [6.07, 6.45) is 6.09. The van der Waals surface area contributed by atoms with Gasteiger partial charge in [-0.1, -0.05) is 19.8 Å². The van der Waals surface area contributed by atoms with Crippen molar-refractivity contribution < 1.29 is 18.3 Å². The van der Waals surface area contributed by atoms with Crippen LogP contribution in [0.3, 0.4) is 0 Å². The monoisotopic (exact) mass is 371 g/mol. The lowest BCUT2D eigenvalue weighted by Crippen LogP contribution is -2.36. The van der Waals surface area contributed by atoms with Gasteiger partial charge in [0.2, 0.25) is 10.0 Å². The van der Waals surface area contributed by atoms with Crippen molar-refractivity contribution in [2.45, 2.75) is 43.9 Å². The first-order chi connectivity index (χ1) is 11.9. The minimum atomic E-state index is -3.56. The van der Waals surface area contributed by atoms with E-state index in [1.807, 2.05) is 6.92 Å². The Bertz CT molecular complexity index is 678. The lowest BCUT2D eigenvalue weighted by Gasteiger charge is -2.25. The van der Waals surface area contributed by atoms with Crippen LogP contribution < -0.4 is 0 Å². The van der Waals surface area contributed by atoms with Crippen LogP contribution in [0.2, 0.25) is 0 Å². The number of aromatic nitrogens is 1. The molecule has 0 saturated carbocycles. The van der Waals surface area contributed by atoms with E-state index < -0.39 is 10.0 Å². The number of hydrogen-bond donors (Lipinski definition) is 1. The van der Waals surface area contributed by atoms with Crippen molar-refractivity contribution in [3.8, 4) is 0 Å². The van der Waals surface area contributed by atoms with Gasteiger partial charge in [-0.3, -0.25) is 4.79 Å². The fourth-order valence-corrected chi connectivity index (χ4v) is 4.68. The van der Waals surface area contributed by atoms with Crippen LogP contribution in [-0.4, -0.2) is 66.0 Å². The largest absolute Gasteiger partial charge is 0.395 e. The Morgan fingerprint density at radius 1 is 1.24 bits per heavy atom. The zero-order valence-electron chi connectivity index (χ0n) is 15.1. The molecule has 142 valence electrons. The fourth-order valence-electron chi connectivity index (χ4n) is 3.09. The SMILES string of the molecule is CCCCN(CCO)C(=O)c1cc(S(=O)(=O)N2CCCCC2)cn1C. The zero-order valence-corrected chi connectivity index (χ0v) is 16.0. The lowest BCUT2D eigenvalue weighted by molar-refractivity contribution is 0.0710. The van der Waals surface area contributed by atoms with Gasteiger partial charge in [-0.2, -0.15) is 4.31 Å². The Morgan fingerprint density at radius 3 is 2.52 bits per heavy atom. The van der Waals surface area contributed by atoms with E-state index >= 15 is 0 Å². The quantitative estimate of drug-likeness (QED) is 0.749. The van der Waals surface area contributed by atoms with E-state index in [-0.39, 0.29) is 24.0 Å². The minimum Gasteiger partial charge on any atom is -0.395 e. The number of piperidine rings is 1. The fraction of sp³-hybridized carbons (Fsp3) is 0.706. The molecule has 0 aliphatic carbocycles. The van der Waals surface area contributed by atoms with Gasteiger partial charge in [-0.25, -0.2) is 8.42 Å². The lowest BCUT2D eigenvalue weighted by atomic mass is 10.2. The Labute approximate surface area is 150 Å². The first-order valence-corrected chi connectivity index (χ1v) is 10.4. The summed E-state index contributed by atoms with van der Waals surface area (Å²) in [7, 11) is -1.88. The van der Waals surface area contributed by atoms with Crippen molar-refractivity contribution in [3.05, 3.63) is 18.0 Å². The number of carbonyl (C=O) groups excluding carboxylic acids is 1. The van der Waals surface area contributed by atoms with Crippen LogP contribution in [0.1, 0.15) is 49.5 Å². The predicted octanol–water partition coefficient (Wildman–Crippen LogP) is 1.43. The third-order valence-electron chi connectivity index (χ3n) is 4.59. The summed E-state index contributed by atoms with van der Waals surface area (Å²) >= 11 is 0. The third kappa shape index (κ3) is 4.62. The molecule has 0 radical (unpaired) electrons. The molecular weight excluding hydrogens is 342 g/mol. The van der Waals surface area contributed by atoms with E-state index in [1.54, 1.807) is 16.5 Å². The van der Waals surface area contributed by atoms with Gasteiger partial charge in [0, 0.05) is 39.4 Å². The number of hydrogen-bond acceptors (Lipinski definition) is 4. The zero-order chi connectivity index (χ0) is 18.4. The van der Waals surface area contributed by atoms with Crippen molar-refractivity contribution in [2.24, 2.45) is 7.05 Å². The van der Waals surface area contributed by atoms with E-state index in [4.69, 9.17) is 0 Å². The minimum absolute atomic E-state index is 0.112. The van der Waals surface area contributed by atoms with Crippen molar-refractivity contribution >= 4 is 15.9 Å². The van der Waals surface area contributed by atoms with E-state index in [9.17, 15) is 18.3 Å². The number of unbranched alkanes of at least 4 members (excludes halogenated alkanes) is 1. The van der Waals surface area contributed by atoms with Gasteiger partial charge in [0.25, 0.3) is 5.91 Å². The number of nitrogens with zero attached hydrogens (tertiary/aromatic N) is 3. The summed E-state index contributed by atoms with van der Waals surface area (Å²) in [5.41, 5.74) is 0.333. The molecule has 0 unspecified atom stereocenters. The number of sulfonamides is 1. The van der Waals surface area contributed by atoms with Crippen LogP contribution in [0.5, 0.6) is 0 Å². The van der Waals surface area contributed by atoms with E-state index in [2.05, 4.69) is 0 Å². The van der Waals surface area contributed by atoms with Gasteiger partial charge in [0.1, 0.15) is 10.6 Å². The molecule has 1 aromatic heterocycles. The van der Waals surface area contributed by atoms with Crippen LogP contribution in [0, 0.1) is 0 Å². The maximum absolute atomic E-state index is 12.8. The Hall–Kier alpha value is -1.38. The van der Waals surface area contributed by atoms with Crippen LogP contribution in [-0.2, 0) is 17.1 Å². The molecule has 0 bridgehead atoms. The molecule has 0 aromatic carbocycles. The Kier molecular flexibility index (Phi) is 7.04. The number of rotatable bonds is 8. The average molecular weight is 372 g/mol. The van der Waals surface area contributed by atoms with Gasteiger partial charge >= 0.3 is 0 Å². The first kappa shape index (κ1) is 19.9. The normalized spacial score (nSPS) is 16.1. The molecule has 1 N–H and O–H groups in total. The van der Waals surface area contributed by atoms with Crippen molar-refractivity contribution in [3.63, 3.8) is 0 Å². The molecule has 1 amide bonds. The van der Waals surface area contributed by atoms with Crippen molar-refractivity contribution in [1.82, 2.24) is 13.8 Å². The van der Waals surface area contributed by atoms with E-state index in [1.165, 1.54) is 16.6 Å². The number of aliphatic hydroxyl groups excluding tert-OH is 1. The number of carbonyl (C=O) groups is 1. The van der Waals surface area contributed by atoms with Crippen LogP contribution in [0.25, 0.3) is 0 Å². The summed E-state index contributed by atoms with van der Waals surface area (Å²) in [6.45, 7) is 3.79. The number of aryl methyl sites for hydroxylation is 1. The smallest absolute Gasteiger partial charge is 0.270 e. The van der Waals surface area contributed by atoms with Gasteiger partial charge in [-0.05, 0) is 25.3 Å². The summed E-state index contributed by atoms with van der Waals surface area (Å²) in [5.74, 6) is -0.245. The number of aliphatic hydroxyl groups is 1. The van der Waals surface area contributed by atoms with Crippen LogP contribution in [0.15, 0.2) is 17.2 Å². The summed E-state index contributed by atoms with van der Waals surface area (Å²) in [4.78, 5) is 14.5. The molecular formula is C17H29N3O4S. The molecule has 25 heavy (non-hydrogen) atoms. The Morgan fingerprint density at radius 2 is 1.92 bits per heavy atom. The highest BCUT2D eigenvalue weighted by molar-refractivity contribution is 7.89. The highest BCUT2D eigenvalue weighted by Crippen LogP contribution is 2.23. The average Bonchev–Trinajstić information content (AvgIpc) is 3.01. The second-order valence-corrected chi connectivity index (χ2v) is 8.44. The maximum Gasteiger partial charge on any atom is 0.270 e. The Balaban J connectivity index is 2.24. The van der Waals surface area contributed by atoms with Gasteiger partial charge in [0.15, 0.2) is 0 Å². The first-order valence-electron chi connectivity index (χ1n) is 8.98. The molecule has 1 aromatic rings. The highest BCUT2D eigenvalue weighted by atomic mass is 32.2. The summed E-state index contributed by atoms with van der Waals surface area (Å²) in [6, 6.07) is 1.46. The van der Waals surface area contributed by atoms with Gasteiger partial charge in [-0.15, -0.1) is 0 Å². The molecule has 1 fully saturated rings. The predicted molar refractivity (Wildman–Crippen MR) is 95.9 cm³/mol. The van der Waals surface area contributed by atoms with E-state index in [0.29, 0.717) is 25.3 Å². The van der Waals surface area contributed by atoms with Crippen LogP contribution >= 0.6 is 0 Å². The number of amides is 1. The van der Waals surface area contributed by atoms with E-state index in [0.717, 1.165) is 32.1 Å².